The van der Waals surface area contributed by atoms with Gasteiger partial charge in [0.05, 0.1) is 32.5 Å². The number of hydrogen-bond donors (Lipinski definition) is 1. The van der Waals surface area contributed by atoms with Gasteiger partial charge in [0.25, 0.3) is 0 Å². The maximum atomic E-state index is 6.59. The molecule has 4 rings (SSSR count). The van der Waals surface area contributed by atoms with E-state index in [9.17, 15) is 0 Å². The van der Waals surface area contributed by atoms with Crippen molar-refractivity contribution >= 4 is 0 Å². The second-order valence-electron chi connectivity index (χ2n) is 9.40. The van der Waals surface area contributed by atoms with Crippen molar-refractivity contribution in [2.24, 2.45) is 0 Å². The number of rotatable bonds is 14. The highest BCUT2D eigenvalue weighted by Crippen LogP contribution is 2.27. The van der Waals surface area contributed by atoms with Gasteiger partial charge in [-0.05, 0) is 23.1 Å². The van der Waals surface area contributed by atoms with E-state index in [0.29, 0.717) is 26.4 Å². The SMILES string of the molecule is CCCCC[C@H]1N[C@H](COCc2ccccc2)[C@H](OCc2ccccc2)[C@@H]1OCc1ccccc1. The van der Waals surface area contributed by atoms with E-state index in [-0.39, 0.29) is 24.3 Å². The summed E-state index contributed by atoms with van der Waals surface area (Å²) in [6, 6.07) is 31.5. The van der Waals surface area contributed by atoms with E-state index >= 15 is 0 Å². The summed E-state index contributed by atoms with van der Waals surface area (Å²) in [7, 11) is 0. The lowest BCUT2D eigenvalue weighted by atomic mass is 10.0. The first-order valence-electron chi connectivity index (χ1n) is 13.0. The lowest BCUT2D eigenvalue weighted by Crippen LogP contribution is -2.40. The van der Waals surface area contributed by atoms with Crippen molar-refractivity contribution in [2.45, 2.75) is 76.7 Å². The van der Waals surface area contributed by atoms with Crippen molar-refractivity contribution in [1.29, 1.82) is 0 Å². The number of benzene rings is 3. The van der Waals surface area contributed by atoms with E-state index in [4.69, 9.17) is 14.2 Å². The summed E-state index contributed by atoms with van der Waals surface area (Å²) in [5, 5.41) is 3.83. The number of ether oxygens (including phenoxy) is 3. The number of nitrogens with one attached hydrogen (secondary N) is 1. The Morgan fingerprint density at radius 2 is 1.09 bits per heavy atom. The van der Waals surface area contributed by atoms with Crippen LogP contribution in [0.4, 0.5) is 0 Å². The molecule has 35 heavy (non-hydrogen) atoms. The minimum absolute atomic E-state index is 0.0268. The molecule has 0 unspecified atom stereocenters. The molecule has 1 aliphatic heterocycles. The van der Waals surface area contributed by atoms with Crippen LogP contribution in [0.3, 0.4) is 0 Å². The van der Waals surface area contributed by atoms with Crippen LogP contribution in [0.2, 0.25) is 0 Å². The fourth-order valence-electron chi connectivity index (χ4n) is 4.76. The van der Waals surface area contributed by atoms with Gasteiger partial charge in [-0.15, -0.1) is 0 Å². The van der Waals surface area contributed by atoms with Gasteiger partial charge in [0.2, 0.25) is 0 Å². The quantitative estimate of drug-likeness (QED) is 0.279. The molecule has 0 spiro atoms. The predicted molar refractivity (Wildman–Crippen MR) is 141 cm³/mol. The Hall–Kier alpha value is -2.50. The lowest BCUT2D eigenvalue weighted by molar-refractivity contribution is -0.0863. The van der Waals surface area contributed by atoms with Crippen LogP contribution < -0.4 is 5.32 Å². The first kappa shape index (κ1) is 25.6. The Labute approximate surface area is 210 Å². The molecule has 1 heterocycles. The van der Waals surface area contributed by atoms with Crippen LogP contribution in [0.25, 0.3) is 0 Å². The molecule has 3 aromatic rings. The lowest BCUT2D eigenvalue weighted by Gasteiger charge is -2.26. The molecular weight excluding hydrogens is 434 g/mol. The fraction of sp³-hybridized carbons (Fsp3) is 0.419. The Morgan fingerprint density at radius 3 is 1.60 bits per heavy atom. The van der Waals surface area contributed by atoms with Gasteiger partial charge < -0.3 is 19.5 Å². The van der Waals surface area contributed by atoms with E-state index in [1.54, 1.807) is 0 Å². The second kappa shape index (κ2) is 14.2. The average Bonchev–Trinajstić information content (AvgIpc) is 3.24. The summed E-state index contributed by atoms with van der Waals surface area (Å²) >= 11 is 0. The molecule has 4 nitrogen and oxygen atoms in total. The molecule has 1 aliphatic rings. The van der Waals surface area contributed by atoms with Gasteiger partial charge in [-0.3, -0.25) is 0 Å². The molecule has 186 valence electrons. The molecule has 4 atom stereocenters. The van der Waals surface area contributed by atoms with Gasteiger partial charge in [-0.25, -0.2) is 0 Å². The van der Waals surface area contributed by atoms with Crippen molar-refractivity contribution in [2.75, 3.05) is 6.61 Å². The van der Waals surface area contributed by atoms with Crippen LogP contribution in [0.15, 0.2) is 91.0 Å². The summed E-state index contributed by atoms with van der Waals surface area (Å²) in [6.07, 6.45) is 4.59. The van der Waals surface area contributed by atoms with Gasteiger partial charge in [0.1, 0.15) is 12.2 Å². The Kier molecular flexibility index (Phi) is 10.3. The van der Waals surface area contributed by atoms with E-state index in [2.05, 4.69) is 85.0 Å². The standard InChI is InChI=1S/C31H39NO3/c1-2-3-7-20-28-30(34-22-26-16-10-5-11-17-26)31(35-23-27-18-12-6-13-19-27)29(32-28)24-33-21-25-14-8-4-9-15-25/h4-6,8-19,28-32H,2-3,7,20-24H2,1H3/t28-,29-,30-,31+/m1/s1. The maximum Gasteiger partial charge on any atom is 0.103 e. The van der Waals surface area contributed by atoms with Crippen molar-refractivity contribution in [3.63, 3.8) is 0 Å². The van der Waals surface area contributed by atoms with Gasteiger partial charge in [0, 0.05) is 6.04 Å². The van der Waals surface area contributed by atoms with E-state index in [0.717, 1.165) is 6.42 Å². The molecule has 1 saturated heterocycles. The van der Waals surface area contributed by atoms with Crippen molar-refractivity contribution < 1.29 is 14.2 Å². The molecule has 1 fully saturated rings. The van der Waals surface area contributed by atoms with Gasteiger partial charge in [-0.1, -0.05) is 117 Å². The zero-order valence-corrected chi connectivity index (χ0v) is 20.9. The van der Waals surface area contributed by atoms with Crippen LogP contribution >= 0.6 is 0 Å². The summed E-state index contributed by atoms with van der Waals surface area (Å²) in [5.41, 5.74) is 3.54. The van der Waals surface area contributed by atoms with E-state index < -0.39 is 0 Å². The molecule has 0 saturated carbocycles. The molecule has 0 amide bonds. The van der Waals surface area contributed by atoms with Gasteiger partial charge >= 0.3 is 0 Å². The van der Waals surface area contributed by atoms with Crippen LogP contribution in [0.1, 0.15) is 49.3 Å². The minimum Gasteiger partial charge on any atom is -0.375 e. The third kappa shape index (κ3) is 8.01. The van der Waals surface area contributed by atoms with Gasteiger partial charge in [0.15, 0.2) is 0 Å². The Balaban J connectivity index is 1.45. The van der Waals surface area contributed by atoms with Crippen LogP contribution in [0.5, 0.6) is 0 Å². The molecule has 4 heteroatoms. The van der Waals surface area contributed by atoms with Crippen molar-refractivity contribution in [1.82, 2.24) is 5.32 Å². The molecular formula is C31H39NO3. The number of unbranched alkanes of at least 4 members (excludes halogenated alkanes) is 2. The molecule has 0 bridgehead atoms. The van der Waals surface area contributed by atoms with E-state index in [1.165, 1.54) is 36.0 Å². The van der Waals surface area contributed by atoms with Crippen molar-refractivity contribution in [3.05, 3.63) is 108 Å². The summed E-state index contributed by atoms with van der Waals surface area (Å²) in [5.74, 6) is 0. The van der Waals surface area contributed by atoms with Crippen LogP contribution in [-0.2, 0) is 34.0 Å². The smallest absolute Gasteiger partial charge is 0.103 e. The molecule has 0 aromatic heterocycles. The first-order chi connectivity index (χ1) is 17.3. The predicted octanol–water partition coefficient (Wildman–Crippen LogP) is 6.29. The summed E-state index contributed by atoms with van der Waals surface area (Å²) < 4.78 is 19.3. The topological polar surface area (TPSA) is 39.7 Å². The van der Waals surface area contributed by atoms with Gasteiger partial charge in [-0.2, -0.15) is 0 Å². The normalized spacial score (nSPS) is 21.9. The molecule has 3 aromatic carbocycles. The number of hydrogen-bond acceptors (Lipinski definition) is 4. The zero-order chi connectivity index (χ0) is 24.1. The first-order valence-corrected chi connectivity index (χ1v) is 13.0. The summed E-state index contributed by atoms with van der Waals surface area (Å²) in [6.45, 7) is 4.58. The monoisotopic (exact) mass is 473 g/mol. The third-order valence-corrected chi connectivity index (χ3v) is 6.64. The average molecular weight is 474 g/mol. The largest absolute Gasteiger partial charge is 0.375 e. The van der Waals surface area contributed by atoms with Crippen LogP contribution in [-0.4, -0.2) is 30.9 Å². The van der Waals surface area contributed by atoms with E-state index in [1.807, 2.05) is 18.2 Å². The van der Waals surface area contributed by atoms with Crippen LogP contribution in [0, 0.1) is 0 Å². The highest BCUT2D eigenvalue weighted by atomic mass is 16.5. The zero-order valence-electron chi connectivity index (χ0n) is 20.9. The third-order valence-electron chi connectivity index (χ3n) is 6.64. The maximum absolute atomic E-state index is 6.59. The minimum atomic E-state index is -0.0821. The van der Waals surface area contributed by atoms with Crippen molar-refractivity contribution in [3.8, 4) is 0 Å². The second-order valence-corrected chi connectivity index (χ2v) is 9.40. The molecule has 0 aliphatic carbocycles. The fourth-order valence-corrected chi connectivity index (χ4v) is 4.76. The highest BCUT2D eigenvalue weighted by Gasteiger charge is 2.44. The Morgan fingerprint density at radius 1 is 0.600 bits per heavy atom. The summed E-state index contributed by atoms with van der Waals surface area (Å²) in [4.78, 5) is 0. The molecule has 0 radical (unpaired) electrons. The Bertz CT molecular complexity index is 951. The highest BCUT2D eigenvalue weighted by molar-refractivity contribution is 5.16. The molecule has 1 N–H and O–H groups in total.